The van der Waals surface area contributed by atoms with Crippen LogP contribution in [-0.2, 0) is 14.4 Å². The zero-order valence-corrected chi connectivity index (χ0v) is 19.6. The largest absolute Gasteiger partial charge is 0.497 e. The topological polar surface area (TPSA) is 68.3 Å². The number of carbonyl (C=O) groups is 2. The third-order valence-electron chi connectivity index (χ3n) is 5.98. The molecule has 0 unspecified atom stereocenters. The highest BCUT2D eigenvalue weighted by Gasteiger charge is 2.60. The Morgan fingerprint density at radius 2 is 1.30 bits per heavy atom. The Labute approximate surface area is 199 Å². The highest BCUT2D eigenvalue weighted by Crippen LogP contribution is 2.48. The number of imide groups is 1. The highest BCUT2D eigenvalue weighted by molar-refractivity contribution is 9.10. The van der Waals surface area contributed by atoms with Gasteiger partial charge in [-0.3, -0.25) is 14.4 Å². The lowest BCUT2D eigenvalue weighted by Gasteiger charge is -2.29. The van der Waals surface area contributed by atoms with Crippen molar-refractivity contribution in [1.82, 2.24) is 0 Å². The zero-order valence-electron chi connectivity index (χ0n) is 18.0. The van der Waals surface area contributed by atoms with Crippen LogP contribution in [0.2, 0.25) is 0 Å². The van der Waals surface area contributed by atoms with Gasteiger partial charge in [0, 0.05) is 4.47 Å². The summed E-state index contributed by atoms with van der Waals surface area (Å²) in [6, 6.07) is 21.4. The van der Waals surface area contributed by atoms with Gasteiger partial charge < -0.3 is 9.47 Å². The molecule has 8 heteroatoms. The predicted octanol–water partition coefficient (Wildman–Crippen LogP) is 4.52. The molecule has 7 nitrogen and oxygen atoms in total. The minimum Gasteiger partial charge on any atom is -0.497 e. The molecule has 2 heterocycles. The lowest BCUT2D eigenvalue weighted by Crippen LogP contribution is -2.37. The third-order valence-corrected chi connectivity index (χ3v) is 6.51. The van der Waals surface area contributed by atoms with E-state index in [4.69, 9.17) is 14.3 Å². The van der Waals surface area contributed by atoms with Crippen molar-refractivity contribution in [3.05, 3.63) is 82.8 Å². The third kappa shape index (κ3) is 3.65. The van der Waals surface area contributed by atoms with E-state index >= 15 is 0 Å². The van der Waals surface area contributed by atoms with Gasteiger partial charge in [-0.15, -0.1) is 0 Å². The van der Waals surface area contributed by atoms with Crippen molar-refractivity contribution in [3.8, 4) is 11.5 Å². The molecule has 3 atom stereocenters. The Morgan fingerprint density at radius 1 is 0.758 bits per heavy atom. The van der Waals surface area contributed by atoms with E-state index in [9.17, 15) is 9.59 Å². The fourth-order valence-corrected chi connectivity index (χ4v) is 4.62. The quantitative estimate of drug-likeness (QED) is 0.472. The first-order valence-electron chi connectivity index (χ1n) is 10.4. The maximum atomic E-state index is 13.6. The number of amides is 2. The van der Waals surface area contributed by atoms with Gasteiger partial charge in [0.2, 0.25) is 5.91 Å². The van der Waals surface area contributed by atoms with Crippen LogP contribution in [0.4, 0.5) is 11.4 Å². The van der Waals surface area contributed by atoms with E-state index in [1.165, 1.54) is 4.90 Å². The first-order chi connectivity index (χ1) is 16.0. The number of hydrogen-bond donors (Lipinski definition) is 0. The van der Waals surface area contributed by atoms with Crippen molar-refractivity contribution in [1.29, 1.82) is 0 Å². The SMILES string of the molecule is COc1ccc([C@H]2[C@H]3C(=O)N(c4ccc(Br)cc4)C(=O)[C@H]3ON2c2ccc(OC)cc2)cc1. The maximum absolute atomic E-state index is 13.6. The summed E-state index contributed by atoms with van der Waals surface area (Å²) in [7, 11) is 3.20. The second-order valence-corrected chi connectivity index (χ2v) is 8.70. The molecule has 5 rings (SSSR count). The summed E-state index contributed by atoms with van der Waals surface area (Å²) in [6.45, 7) is 0. The van der Waals surface area contributed by atoms with Crippen molar-refractivity contribution in [2.24, 2.45) is 5.92 Å². The Balaban J connectivity index is 1.56. The Hall–Kier alpha value is -3.36. The summed E-state index contributed by atoms with van der Waals surface area (Å²) in [5, 5.41) is 1.66. The summed E-state index contributed by atoms with van der Waals surface area (Å²) in [6.07, 6.45) is -0.921. The maximum Gasteiger partial charge on any atom is 0.266 e. The minimum atomic E-state index is -0.921. The van der Waals surface area contributed by atoms with Crippen LogP contribution < -0.4 is 19.4 Å². The molecule has 0 radical (unpaired) electrons. The summed E-state index contributed by atoms with van der Waals surface area (Å²) < 4.78 is 11.4. The Morgan fingerprint density at radius 3 is 1.88 bits per heavy atom. The summed E-state index contributed by atoms with van der Waals surface area (Å²) in [4.78, 5) is 34.3. The van der Waals surface area contributed by atoms with Crippen LogP contribution in [0.1, 0.15) is 11.6 Å². The van der Waals surface area contributed by atoms with Gasteiger partial charge in [0.15, 0.2) is 6.10 Å². The van der Waals surface area contributed by atoms with E-state index in [0.29, 0.717) is 17.2 Å². The van der Waals surface area contributed by atoms with E-state index in [-0.39, 0.29) is 11.8 Å². The monoisotopic (exact) mass is 508 g/mol. The standard InChI is InChI=1S/C25H21BrN2O5/c1-31-19-11-3-15(4-12-19)22-21-23(33-28(22)18-9-13-20(32-2)14-10-18)25(30)27(24(21)29)17-7-5-16(26)6-8-17/h3-14,21-23H,1-2H3/t21-,22+,23+/m1/s1. The molecule has 2 amide bonds. The molecule has 0 aromatic heterocycles. The lowest BCUT2D eigenvalue weighted by molar-refractivity contribution is -0.126. The number of hydrogen-bond acceptors (Lipinski definition) is 6. The molecule has 0 saturated carbocycles. The normalized spacial score (nSPS) is 22.0. The number of carbonyl (C=O) groups excluding carboxylic acids is 2. The average molecular weight is 509 g/mol. The molecule has 3 aromatic carbocycles. The molecular weight excluding hydrogens is 488 g/mol. The number of rotatable bonds is 5. The summed E-state index contributed by atoms with van der Waals surface area (Å²) >= 11 is 3.39. The molecule has 0 N–H and O–H groups in total. The fraction of sp³-hybridized carbons (Fsp3) is 0.200. The smallest absolute Gasteiger partial charge is 0.266 e. The van der Waals surface area contributed by atoms with E-state index < -0.39 is 18.1 Å². The van der Waals surface area contributed by atoms with Crippen LogP contribution in [0.25, 0.3) is 0 Å². The molecule has 3 aromatic rings. The second kappa shape index (κ2) is 8.53. The Bertz CT molecular complexity index is 1180. The van der Waals surface area contributed by atoms with Gasteiger partial charge in [0.1, 0.15) is 17.4 Å². The minimum absolute atomic E-state index is 0.288. The number of halogens is 1. The molecule has 0 spiro atoms. The van der Waals surface area contributed by atoms with Gasteiger partial charge in [0.25, 0.3) is 5.91 Å². The average Bonchev–Trinajstić information content (AvgIpc) is 3.36. The van der Waals surface area contributed by atoms with Gasteiger partial charge in [-0.1, -0.05) is 28.1 Å². The number of methoxy groups -OCH3 is 2. The van der Waals surface area contributed by atoms with Gasteiger partial charge >= 0.3 is 0 Å². The van der Waals surface area contributed by atoms with Gasteiger partial charge in [0.05, 0.1) is 31.6 Å². The van der Waals surface area contributed by atoms with Crippen LogP contribution in [0.15, 0.2) is 77.3 Å². The Kier molecular flexibility index (Phi) is 5.55. The number of nitrogens with zero attached hydrogens (tertiary/aromatic N) is 2. The second-order valence-electron chi connectivity index (χ2n) is 7.78. The predicted molar refractivity (Wildman–Crippen MR) is 126 cm³/mol. The molecule has 2 aliphatic heterocycles. The van der Waals surface area contributed by atoms with Gasteiger partial charge in [-0.25, -0.2) is 9.96 Å². The van der Waals surface area contributed by atoms with E-state index in [1.54, 1.807) is 43.5 Å². The lowest BCUT2D eigenvalue weighted by atomic mass is 9.90. The molecule has 2 fully saturated rings. The summed E-state index contributed by atoms with van der Waals surface area (Å²) in [5.74, 6) is 0.0471. The number of fused-ring (bicyclic) bond motifs is 1. The van der Waals surface area contributed by atoms with Gasteiger partial charge in [-0.2, -0.15) is 0 Å². The molecule has 2 saturated heterocycles. The van der Waals surface area contributed by atoms with E-state index in [1.807, 2.05) is 48.5 Å². The molecule has 2 aliphatic rings. The van der Waals surface area contributed by atoms with Gasteiger partial charge in [-0.05, 0) is 66.2 Å². The van der Waals surface area contributed by atoms with Crippen molar-refractivity contribution in [2.75, 3.05) is 24.2 Å². The van der Waals surface area contributed by atoms with Crippen LogP contribution in [0.3, 0.4) is 0 Å². The van der Waals surface area contributed by atoms with Crippen LogP contribution in [-0.4, -0.2) is 32.1 Å². The molecule has 0 aliphatic carbocycles. The first kappa shape index (κ1) is 21.5. The molecular formula is C25H21BrN2O5. The molecule has 0 bridgehead atoms. The number of ether oxygens (including phenoxy) is 2. The first-order valence-corrected chi connectivity index (χ1v) is 11.2. The number of benzene rings is 3. The van der Waals surface area contributed by atoms with Crippen LogP contribution in [0.5, 0.6) is 11.5 Å². The molecule has 168 valence electrons. The van der Waals surface area contributed by atoms with Crippen LogP contribution in [0, 0.1) is 5.92 Å². The zero-order chi connectivity index (χ0) is 23.1. The van der Waals surface area contributed by atoms with Crippen molar-refractivity contribution in [3.63, 3.8) is 0 Å². The van der Waals surface area contributed by atoms with Crippen molar-refractivity contribution >= 4 is 39.1 Å². The molecule has 33 heavy (non-hydrogen) atoms. The summed E-state index contributed by atoms with van der Waals surface area (Å²) in [5.41, 5.74) is 2.09. The number of hydroxylamine groups is 1. The van der Waals surface area contributed by atoms with Crippen molar-refractivity contribution in [2.45, 2.75) is 12.1 Å². The van der Waals surface area contributed by atoms with Crippen LogP contribution >= 0.6 is 15.9 Å². The van der Waals surface area contributed by atoms with Crippen molar-refractivity contribution < 1.29 is 23.9 Å². The fourth-order valence-electron chi connectivity index (χ4n) is 4.35. The highest BCUT2D eigenvalue weighted by atomic mass is 79.9. The van der Waals surface area contributed by atoms with E-state index in [0.717, 1.165) is 15.7 Å². The number of anilines is 2. The van der Waals surface area contributed by atoms with E-state index in [2.05, 4.69) is 15.9 Å².